The molecule has 0 atom stereocenters. The molecule has 0 N–H and O–H groups in total. The molecule has 1 heterocycles. The van der Waals surface area contributed by atoms with Crippen molar-refractivity contribution in [3.8, 4) is 39.3 Å². The van der Waals surface area contributed by atoms with Gasteiger partial charge in [0.1, 0.15) is 11.5 Å². The SMILES string of the molecule is COc1cccc(-c2cc(-c3ccccc3)c(-c3ccccc3)c(=O)o2)c1. The Morgan fingerprint density at radius 1 is 0.704 bits per heavy atom. The summed E-state index contributed by atoms with van der Waals surface area (Å²) >= 11 is 0. The third-order valence-corrected chi connectivity index (χ3v) is 4.45. The topological polar surface area (TPSA) is 39.4 Å². The van der Waals surface area contributed by atoms with Crippen LogP contribution in [0, 0.1) is 0 Å². The maximum absolute atomic E-state index is 13.0. The molecule has 0 amide bonds. The second-order valence-electron chi connectivity index (χ2n) is 6.15. The molecule has 0 aliphatic heterocycles. The smallest absolute Gasteiger partial charge is 0.344 e. The number of hydrogen-bond donors (Lipinski definition) is 0. The highest BCUT2D eigenvalue weighted by Gasteiger charge is 2.16. The lowest BCUT2D eigenvalue weighted by atomic mass is 9.95. The van der Waals surface area contributed by atoms with Gasteiger partial charge in [0.2, 0.25) is 0 Å². The average molecular weight is 354 g/mol. The summed E-state index contributed by atoms with van der Waals surface area (Å²) in [7, 11) is 1.61. The Kier molecular flexibility index (Phi) is 4.58. The van der Waals surface area contributed by atoms with Crippen molar-refractivity contribution in [2.45, 2.75) is 0 Å². The number of hydrogen-bond acceptors (Lipinski definition) is 3. The molecule has 3 aromatic carbocycles. The largest absolute Gasteiger partial charge is 0.497 e. The van der Waals surface area contributed by atoms with E-state index < -0.39 is 0 Å². The van der Waals surface area contributed by atoms with E-state index in [-0.39, 0.29) is 5.63 Å². The zero-order chi connectivity index (χ0) is 18.6. The van der Waals surface area contributed by atoms with Crippen LogP contribution in [0.3, 0.4) is 0 Å². The summed E-state index contributed by atoms with van der Waals surface area (Å²) in [6, 6.07) is 28.9. The average Bonchev–Trinajstić information content (AvgIpc) is 2.74. The lowest BCUT2D eigenvalue weighted by molar-refractivity contribution is 0.414. The fourth-order valence-corrected chi connectivity index (χ4v) is 3.14. The molecule has 1 aromatic heterocycles. The van der Waals surface area contributed by atoms with Crippen LogP contribution in [-0.2, 0) is 0 Å². The van der Waals surface area contributed by atoms with Gasteiger partial charge < -0.3 is 9.15 Å². The van der Waals surface area contributed by atoms with E-state index >= 15 is 0 Å². The van der Waals surface area contributed by atoms with Gasteiger partial charge in [0, 0.05) is 11.1 Å². The molecular weight excluding hydrogens is 336 g/mol. The zero-order valence-corrected chi connectivity index (χ0v) is 14.9. The number of rotatable bonds is 4. The number of methoxy groups -OCH3 is 1. The fourth-order valence-electron chi connectivity index (χ4n) is 3.14. The zero-order valence-electron chi connectivity index (χ0n) is 14.9. The molecule has 0 saturated heterocycles. The summed E-state index contributed by atoms with van der Waals surface area (Å²) in [5.74, 6) is 1.22. The predicted octanol–water partition coefficient (Wildman–Crippen LogP) is 5.65. The minimum atomic E-state index is -0.361. The van der Waals surface area contributed by atoms with Gasteiger partial charge in [0.05, 0.1) is 12.7 Å². The van der Waals surface area contributed by atoms with Crippen LogP contribution in [0.5, 0.6) is 5.75 Å². The van der Waals surface area contributed by atoms with Crippen LogP contribution in [0.2, 0.25) is 0 Å². The van der Waals surface area contributed by atoms with Gasteiger partial charge in [-0.25, -0.2) is 4.79 Å². The Labute approximate surface area is 157 Å². The Hall–Kier alpha value is -3.59. The second kappa shape index (κ2) is 7.34. The molecule has 0 spiro atoms. The first-order valence-electron chi connectivity index (χ1n) is 8.69. The first-order chi connectivity index (χ1) is 13.3. The molecule has 4 aromatic rings. The Bertz CT molecular complexity index is 1110. The van der Waals surface area contributed by atoms with Crippen molar-refractivity contribution in [1.82, 2.24) is 0 Å². The normalized spacial score (nSPS) is 10.6. The lowest BCUT2D eigenvalue weighted by Gasteiger charge is -2.11. The van der Waals surface area contributed by atoms with Crippen molar-refractivity contribution in [3.63, 3.8) is 0 Å². The summed E-state index contributed by atoms with van der Waals surface area (Å²) in [5, 5.41) is 0. The number of ether oxygens (including phenoxy) is 1. The summed E-state index contributed by atoms with van der Waals surface area (Å²) in [5.41, 5.74) is 3.64. The van der Waals surface area contributed by atoms with Crippen LogP contribution in [0.1, 0.15) is 0 Å². The molecule has 0 saturated carbocycles. The van der Waals surface area contributed by atoms with E-state index in [4.69, 9.17) is 9.15 Å². The predicted molar refractivity (Wildman–Crippen MR) is 108 cm³/mol. The third kappa shape index (κ3) is 3.40. The maximum Gasteiger partial charge on any atom is 0.344 e. The highest BCUT2D eigenvalue weighted by molar-refractivity contribution is 5.84. The van der Waals surface area contributed by atoms with Gasteiger partial charge in [0.25, 0.3) is 0 Å². The van der Waals surface area contributed by atoms with E-state index in [0.717, 1.165) is 22.3 Å². The lowest BCUT2D eigenvalue weighted by Crippen LogP contribution is -2.06. The Morgan fingerprint density at radius 3 is 2.00 bits per heavy atom. The van der Waals surface area contributed by atoms with E-state index in [1.54, 1.807) is 7.11 Å². The van der Waals surface area contributed by atoms with Gasteiger partial charge in [-0.3, -0.25) is 0 Å². The number of benzene rings is 3. The van der Waals surface area contributed by atoms with Gasteiger partial charge in [-0.2, -0.15) is 0 Å². The van der Waals surface area contributed by atoms with Crippen LogP contribution in [-0.4, -0.2) is 7.11 Å². The molecule has 0 unspecified atom stereocenters. The van der Waals surface area contributed by atoms with Crippen LogP contribution in [0.25, 0.3) is 33.6 Å². The van der Waals surface area contributed by atoms with Crippen molar-refractivity contribution in [1.29, 1.82) is 0 Å². The van der Waals surface area contributed by atoms with Crippen LogP contribution in [0.4, 0.5) is 0 Å². The highest BCUT2D eigenvalue weighted by atomic mass is 16.5. The van der Waals surface area contributed by atoms with Crippen molar-refractivity contribution in [2.75, 3.05) is 7.11 Å². The molecule has 0 bridgehead atoms. The van der Waals surface area contributed by atoms with Crippen LogP contribution < -0.4 is 10.4 Å². The summed E-state index contributed by atoms with van der Waals surface area (Å²) in [4.78, 5) is 13.0. The van der Waals surface area contributed by atoms with E-state index in [9.17, 15) is 4.79 Å². The molecule has 3 nitrogen and oxygen atoms in total. The Morgan fingerprint density at radius 2 is 1.33 bits per heavy atom. The molecule has 4 rings (SSSR count). The molecule has 0 radical (unpaired) electrons. The van der Waals surface area contributed by atoms with Gasteiger partial charge in [-0.05, 0) is 29.3 Å². The summed E-state index contributed by atoms with van der Waals surface area (Å²) in [6.07, 6.45) is 0. The minimum Gasteiger partial charge on any atom is -0.497 e. The quantitative estimate of drug-likeness (QED) is 0.475. The van der Waals surface area contributed by atoms with Gasteiger partial charge >= 0.3 is 5.63 Å². The van der Waals surface area contributed by atoms with Crippen LogP contribution in [0.15, 0.2) is 100 Å². The van der Waals surface area contributed by atoms with Gasteiger partial charge in [-0.15, -0.1) is 0 Å². The van der Waals surface area contributed by atoms with E-state index in [1.807, 2.05) is 91.0 Å². The molecule has 0 fully saturated rings. The van der Waals surface area contributed by atoms with Gasteiger partial charge in [-0.1, -0.05) is 72.8 Å². The van der Waals surface area contributed by atoms with Crippen molar-refractivity contribution in [2.24, 2.45) is 0 Å². The third-order valence-electron chi connectivity index (χ3n) is 4.45. The second-order valence-corrected chi connectivity index (χ2v) is 6.15. The van der Waals surface area contributed by atoms with E-state index in [0.29, 0.717) is 17.1 Å². The maximum atomic E-state index is 13.0. The monoisotopic (exact) mass is 354 g/mol. The molecule has 3 heteroatoms. The van der Waals surface area contributed by atoms with E-state index in [1.165, 1.54) is 0 Å². The van der Waals surface area contributed by atoms with E-state index in [2.05, 4.69) is 0 Å². The fraction of sp³-hybridized carbons (Fsp3) is 0.0417. The molecule has 0 aliphatic carbocycles. The van der Waals surface area contributed by atoms with Gasteiger partial charge in [0.15, 0.2) is 0 Å². The minimum absolute atomic E-state index is 0.361. The molecule has 0 aliphatic rings. The first-order valence-corrected chi connectivity index (χ1v) is 8.69. The molecule has 132 valence electrons. The first kappa shape index (κ1) is 16.9. The highest BCUT2D eigenvalue weighted by Crippen LogP contribution is 2.33. The van der Waals surface area contributed by atoms with Crippen molar-refractivity contribution in [3.05, 3.63) is 101 Å². The summed E-state index contributed by atoms with van der Waals surface area (Å²) in [6.45, 7) is 0. The molecule has 27 heavy (non-hydrogen) atoms. The standard InChI is InChI=1S/C24H18O3/c1-26-20-14-8-13-19(15-20)22-16-21(17-9-4-2-5-10-17)23(24(25)27-22)18-11-6-3-7-12-18/h2-16H,1H3. The van der Waals surface area contributed by atoms with Crippen molar-refractivity contribution >= 4 is 0 Å². The molecular formula is C24H18O3. The van der Waals surface area contributed by atoms with Crippen LogP contribution >= 0.6 is 0 Å². The Balaban J connectivity index is 1.97. The summed E-state index contributed by atoms with van der Waals surface area (Å²) < 4.78 is 11.0. The van der Waals surface area contributed by atoms with Crippen molar-refractivity contribution < 1.29 is 9.15 Å².